The van der Waals surface area contributed by atoms with E-state index in [1.165, 1.54) is 19.3 Å². The van der Waals surface area contributed by atoms with E-state index >= 15 is 0 Å². The second-order valence-electron chi connectivity index (χ2n) is 4.38. The first-order chi connectivity index (χ1) is 6.75. The summed E-state index contributed by atoms with van der Waals surface area (Å²) in [7, 11) is 0. The second-order valence-corrected chi connectivity index (χ2v) is 6.65. The van der Waals surface area contributed by atoms with Gasteiger partial charge in [0, 0.05) is 0 Å². The van der Waals surface area contributed by atoms with Crippen molar-refractivity contribution < 1.29 is 44.0 Å². The normalized spacial score (nSPS) is 20.9. The van der Waals surface area contributed by atoms with Crippen LogP contribution in [0, 0.1) is 0 Å². The largest absolute Gasteiger partial charge is 1.00 e. The molecule has 0 aromatic rings. The number of halogens is 2. The molecule has 1 heterocycles. The average Bonchev–Trinajstić information content (AvgIpc) is 2.72. The van der Waals surface area contributed by atoms with Gasteiger partial charge in [-0.15, -0.1) is 0 Å². The van der Waals surface area contributed by atoms with Crippen LogP contribution in [0.15, 0.2) is 42.2 Å². The molecule has 84 valence electrons. The minimum atomic E-state index is 0. The first-order valence-electron chi connectivity index (χ1n) is 5.31. The Morgan fingerprint density at radius 1 is 0.875 bits per heavy atom. The van der Waals surface area contributed by atoms with Crippen LogP contribution in [0.4, 0.5) is 0 Å². The van der Waals surface area contributed by atoms with Gasteiger partial charge in [0.2, 0.25) is 0 Å². The zero-order valence-electron chi connectivity index (χ0n) is 9.53. The third kappa shape index (κ3) is 2.13. The zero-order valence-corrected chi connectivity index (χ0v) is 12.6. The van der Waals surface area contributed by atoms with Crippen molar-refractivity contribution in [2.45, 2.75) is 33.1 Å². The van der Waals surface area contributed by atoms with Gasteiger partial charge in [0.25, 0.3) is 0 Å². The smallest absolute Gasteiger partial charge is 1.00 e. The molecule has 0 amide bonds. The van der Waals surface area contributed by atoms with Gasteiger partial charge < -0.3 is 24.8 Å². The fourth-order valence-corrected chi connectivity index (χ4v) is 4.83. The van der Waals surface area contributed by atoms with Gasteiger partial charge in [0.05, 0.1) is 0 Å². The first-order valence-corrected chi connectivity index (χ1v) is 6.87. The Hall–Kier alpha value is 0.254. The Morgan fingerprint density at radius 2 is 1.31 bits per heavy atom. The summed E-state index contributed by atoms with van der Waals surface area (Å²) in [6, 6.07) is 0. The molecular formula is C13H14Cl2Ti. The van der Waals surface area contributed by atoms with Crippen molar-refractivity contribution >= 4 is 0 Å². The van der Waals surface area contributed by atoms with Gasteiger partial charge in [-0.25, -0.2) is 0 Å². The number of hydrogen-bond donors (Lipinski definition) is 0. The van der Waals surface area contributed by atoms with Crippen LogP contribution >= 0.6 is 0 Å². The van der Waals surface area contributed by atoms with E-state index in [1.807, 2.05) is 0 Å². The Morgan fingerprint density at radius 3 is 1.75 bits per heavy atom. The van der Waals surface area contributed by atoms with Gasteiger partial charge in [-0.05, 0) is 0 Å². The predicted octanol–water partition coefficient (Wildman–Crippen LogP) is -2.31. The molecule has 3 rings (SSSR count). The summed E-state index contributed by atoms with van der Waals surface area (Å²) in [6.45, 7) is 4.66. The third-order valence-corrected chi connectivity index (χ3v) is 6.41. The summed E-state index contributed by atoms with van der Waals surface area (Å²) in [5.41, 5.74) is 6.52. The molecule has 0 atom stereocenters. The van der Waals surface area contributed by atoms with E-state index in [0.29, 0.717) is 0 Å². The molecule has 0 nitrogen and oxygen atoms in total. The van der Waals surface area contributed by atoms with Crippen LogP contribution in [-0.2, 0) is 19.2 Å². The molecule has 16 heavy (non-hydrogen) atoms. The van der Waals surface area contributed by atoms with Crippen LogP contribution in [0.25, 0.3) is 0 Å². The molecule has 4 bridgehead atoms. The van der Waals surface area contributed by atoms with Crippen LogP contribution in [0.1, 0.15) is 33.1 Å². The van der Waals surface area contributed by atoms with Crippen molar-refractivity contribution in [3.05, 3.63) is 42.2 Å². The molecule has 3 aliphatic rings. The summed E-state index contributed by atoms with van der Waals surface area (Å²) in [4.78, 5) is 0. The van der Waals surface area contributed by atoms with E-state index in [4.69, 9.17) is 0 Å². The van der Waals surface area contributed by atoms with E-state index < -0.39 is 0 Å². The summed E-state index contributed by atoms with van der Waals surface area (Å²) in [6.07, 6.45) is 8.67. The molecule has 1 aliphatic heterocycles. The van der Waals surface area contributed by atoms with E-state index in [-0.39, 0.29) is 44.0 Å². The third-order valence-electron chi connectivity index (χ3n) is 3.66. The molecule has 0 saturated heterocycles. The fourth-order valence-electron chi connectivity index (χ4n) is 2.54. The Bertz CT molecular complexity index is 386. The second kappa shape index (κ2) is 5.27. The Balaban J connectivity index is 0.000000640. The summed E-state index contributed by atoms with van der Waals surface area (Å²) in [5, 5.41) is 0. The topological polar surface area (TPSA) is 0 Å². The molecule has 0 unspecified atom stereocenters. The standard InChI is InChI=1S/C13H14.2ClH.Ti/c1-10-5-3-7-12(10)9-13-8-4-6-11(13)2;;;/h7-8H,3-4,9H2,1-2H3;2*1H;/q;;;+2/p-2. The molecule has 3 heteroatoms. The molecule has 0 aromatic heterocycles. The van der Waals surface area contributed by atoms with E-state index in [9.17, 15) is 0 Å². The monoisotopic (exact) mass is 288 g/mol. The van der Waals surface area contributed by atoms with Gasteiger partial charge >= 0.3 is 94.5 Å². The van der Waals surface area contributed by atoms with Crippen molar-refractivity contribution in [2.75, 3.05) is 0 Å². The van der Waals surface area contributed by atoms with Gasteiger partial charge in [-0.3, -0.25) is 0 Å². The van der Waals surface area contributed by atoms with Crippen molar-refractivity contribution in [2.24, 2.45) is 0 Å². The molecule has 0 N–H and O–H groups in total. The van der Waals surface area contributed by atoms with Crippen LogP contribution in [-0.4, -0.2) is 0 Å². The maximum atomic E-state index is 2.46. The van der Waals surface area contributed by atoms with Crippen molar-refractivity contribution in [1.82, 2.24) is 0 Å². The van der Waals surface area contributed by atoms with Gasteiger partial charge in [0.1, 0.15) is 0 Å². The molecular weight excluding hydrogens is 275 g/mol. The Labute approximate surface area is 119 Å². The van der Waals surface area contributed by atoms with E-state index in [1.54, 1.807) is 30.0 Å². The quantitative estimate of drug-likeness (QED) is 0.440. The van der Waals surface area contributed by atoms with E-state index in [2.05, 4.69) is 26.0 Å². The van der Waals surface area contributed by atoms with Gasteiger partial charge in [0.15, 0.2) is 0 Å². The maximum absolute atomic E-state index is 2.46. The predicted molar refractivity (Wildman–Crippen MR) is 55.4 cm³/mol. The fraction of sp³-hybridized carbons (Fsp3) is 0.385. The average molecular weight is 289 g/mol. The summed E-state index contributed by atoms with van der Waals surface area (Å²) >= 11 is 0.0541. The molecule has 0 saturated carbocycles. The van der Waals surface area contributed by atoms with Crippen LogP contribution in [0.5, 0.6) is 0 Å². The maximum Gasteiger partial charge on any atom is -1.00 e. The number of fused-ring (bicyclic) bond motifs is 2. The van der Waals surface area contributed by atoms with Crippen LogP contribution < -0.4 is 24.8 Å². The number of allylic oxidation sites excluding steroid dienone is 8. The van der Waals surface area contributed by atoms with Crippen molar-refractivity contribution in [3.63, 3.8) is 0 Å². The van der Waals surface area contributed by atoms with Crippen molar-refractivity contribution in [1.29, 1.82) is 0 Å². The van der Waals surface area contributed by atoms with Gasteiger partial charge in [-0.1, -0.05) is 0 Å². The van der Waals surface area contributed by atoms with Crippen LogP contribution in [0.3, 0.4) is 0 Å². The van der Waals surface area contributed by atoms with Crippen LogP contribution in [0.2, 0.25) is 0 Å². The molecule has 0 fully saturated rings. The minimum Gasteiger partial charge on any atom is -1.00 e. The zero-order chi connectivity index (χ0) is 9.71. The Kier molecular flexibility index (Phi) is 4.71. The first kappa shape index (κ1) is 14.3. The molecule has 0 spiro atoms. The molecule has 2 aliphatic carbocycles. The minimum absolute atomic E-state index is 0. The molecule has 0 aromatic carbocycles. The summed E-state index contributed by atoms with van der Waals surface area (Å²) in [5.74, 6) is 0. The SMILES string of the molecule is CC1=[C]2CC=C1CC1=CC[C](=C1C)[Ti+2]2.[Cl-].[Cl-]. The van der Waals surface area contributed by atoms with Gasteiger partial charge in [-0.2, -0.15) is 0 Å². The van der Waals surface area contributed by atoms with E-state index in [0.717, 1.165) is 0 Å². The van der Waals surface area contributed by atoms with Crippen molar-refractivity contribution in [3.8, 4) is 0 Å². The molecule has 0 radical (unpaired) electrons. The number of rotatable bonds is 0. The number of hydrogen-bond acceptors (Lipinski definition) is 0. The summed E-state index contributed by atoms with van der Waals surface area (Å²) < 4.78 is 3.59.